The molecular formula is C18H31N3O3S. The van der Waals surface area contributed by atoms with Gasteiger partial charge in [-0.3, -0.25) is 4.79 Å². The second-order valence-corrected chi connectivity index (χ2v) is 7.68. The minimum atomic E-state index is -3.56. The molecule has 0 unspecified atom stereocenters. The number of carbonyl (C=O) groups is 1. The third-order valence-corrected chi connectivity index (χ3v) is 6.21. The number of rotatable bonds is 10. The van der Waals surface area contributed by atoms with Gasteiger partial charge in [0, 0.05) is 32.6 Å². The van der Waals surface area contributed by atoms with Crippen LogP contribution in [-0.4, -0.2) is 44.8 Å². The maximum Gasteiger partial charge on any atom is 0.243 e. The van der Waals surface area contributed by atoms with Crippen LogP contribution in [0.5, 0.6) is 0 Å². The molecule has 1 aromatic rings. The predicted octanol–water partition coefficient (Wildman–Crippen LogP) is 3.30. The summed E-state index contributed by atoms with van der Waals surface area (Å²) in [5, 5.41) is 2.88. The Labute approximate surface area is 152 Å². The van der Waals surface area contributed by atoms with Crippen LogP contribution in [0.3, 0.4) is 0 Å². The van der Waals surface area contributed by atoms with Crippen LogP contribution in [-0.2, 0) is 14.8 Å². The summed E-state index contributed by atoms with van der Waals surface area (Å²) < 4.78 is 27.0. The first-order valence-corrected chi connectivity index (χ1v) is 10.5. The first-order valence-electron chi connectivity index (χ1n) is 9.04. The quantitative estimate of drug-likeness (QED) is 0.687. The lowest BCUT2D eigenvalue weighted by Crippen LogP contribution is -2.31. The van der Waals surface area contributed by atoms with Crippen LogP contribution < -0.4 is 10.2 Å². The Morgan fingerprint density at radius 1 is 1.00 bits per heavy atom. The van der Waals surface area contributed by atoms with E-state index in [1.54, 1.807) is 18.2 Å². The summed E-state index contributed by atoms with van der Waals surface area (Å²) in [6, 6.07) is 4.98. The van der Waals surface area contributed by atoms with E-state index in [0.717, 1.165) is 25.2 Å². The fourth-order valence-corrected chi connectivity index (χ4v) is 4.25. The number of benzene rings is 1. The standard InChI is InChI=1S/C18H31N3O3S/c1-6-11-18(22)19-16-14-15(25(23,24)21(9-4)10-5)12-13-17(16)20(7-2)8-3/h12-14H,6-11H2,1-5H3,(H,19,22). The molecule has 1 rings (SSSR count). The molecule has 1 aromatic carbocycles. The van der Waals surface area contributed by atoms with Gasteiger partial charge < -0.3 is 10.2 Å². The van der Waals surface area contributed by atoms with Crippen LogP contribution in [0.15, 0.2) is 23.1 Å². The van der Waals surface area contributed by atoms with Gasteiger partial charge in [-0.05, 0) is 38.5 Å². The Morgan fingerprint density at radius 2 is 1.60 bits per heavy atom. The Balaban J connectivity index is 3.39. The Bertz CT molecular complexity index is 666. The fraction of sp³-hybridized carbons (Fsp3) is 0.611. The zero-order chi connectivity index (χ0) is 19.0. The van der Waals surface area contributed by atoms with Gasteiger partial charge >= 0.3 is 0 Å². The number of nitrogens with one attached hydrogen (secondary N) is 1. The molecule has 142 valence electrons. The average molecular weight is 370 g/mol. The van der Waals surface area contributed by atoms with Gasteiger partial charge in [0.05, 0.1) is 16.3 Å². The van der Waals surface area contributed by atoms with Crippen LogP contribution in [0.2, 0.25) is 0 Å². The van der Waals surface area contributed by atoms with Gasteiger partial charge in [0.25, 0.3) is 0 Å². The molecule has 0 saturated carbocycles. The van der Waals surface area contributed by atoms with Gasteiger partial charge in [0.15, 0.2) is 0 Å². The summed E-state index contributed by atoms with van der Waals surface area (Å²) >= 11 is 0. The van der Waals surface area contributed by atoms with Crippen molar-refractivity contribution < 1.29 is 13.2 Å². The van der Waals surface area contributed by atoms with E-state index >= 15 is 0 Å². The predicted molar refractivity (Wildman–Crippen MR) is 104 cm³/mol. The smallest absolute Gasteiger partial charge is 0.243 e. The van der Waals surface area contributed by atoms with Gasteiger partial charge in [-0.2, -0.15) is 4.31 Å². The lowest BCUT2D eigenvalue weighted by Gasteiger charge is -2.26. The van der Waals surface area contributed by atoms with Crippen molar-refractivity contribution in [2.75, 3.05) is 36.4 Å². The number of amides is 1. The van der Waals surface area contributed by atoms with E-state index in [2.05, 4.69) is 10.2 Å². The number of carbonyl (C=O) groups excluding carboxylic acids is 1. The SMILES string of the molecule is CCCC(=O)Nc1cc(S(=O)(=O)N(CC)CC)ccc1N(CC)CC. The maximum atomic E-state index is 12.8. The number of anilines is 2. The Morgan fingerprint density at radius 3 is 2.08 bits per heavy atom. The molecule has 0 spiro atoms. The molecule has 0 aliphatic heterocycles. The average Bonchev–Trinajstić information content (AvgIpc) is 2.58. The van der Waals surface area contributed by atoms with E-state index in [1.807, 2.05) is 34.6 Å². The molecule has 0 aromatic heterocycles. The zero-order valence-electron chi connectivity index (χ0n) is 16.0. The maximum absolute atomic E-state index is 12.8. The van der Waals surface area contributed by atoms with Gasteiger partial charge in [0.1, 0.15) is 0 Å². The Hall–Kier alpha value is -1.60. The summed E-state index contributed by atoms with van der Waals surface area (Å²) in [5.74, 6) is -0.103. The highest BCUT2D eigenvalue weighted by Crippen LogP contribution is 2.30. The second kappa shape index (κ2) is 9.77. The molecule has 0 saturated heterocycles. The third kappa shape index (κ3) is 5.19. The molecule has 0 atom stereocenters. The van der Waals surface area contributed by atoms with Gasteiger partial charge in [-0.15, -0.1) is 0 Å². The minimum Gasteiger partial charge on any atom is -0.370 e. The van der Waals surface area contributed by atoms with E-state index in [9.17, 15) is 13.2 Å². The van der Waals surface area contributed by atoms with E-state index in [0.29, 0.717) is 25.2 Å². The van der Waals surface area contributed by atoms with Crippen molar-refractivity contribution in [3.8, 4) is 0 Å². The number of hydrogen-bond donors (Lipinski definition) is 1. The van der Waals surface area contributed by atoms with Gasteiger partial charge in [-0.1, -0.05) is 20.8 Å². The van der Waals surface area contributed by atoms with Crippen molar-refractivity contribution in [2.45, 2.75) is 52.4 Å². The monoisotopic (exact) mass is 369 g/mol. The van der Waals surface area contributed by atoms with Crippen molar-refractivity contribution in [2.24, 2.45) is 0 Å². The van der Waals surface area contributed by atoms with Crippen molar-refractivity contribution in [1.29, 1.82) is 0 Å². The highest BCUT2D eigenvalue weighted by atomic mass is 32.2. The molecular weight excluding hydrogens is 338 g/mol. The van der Waals surface area contributed by atoms with Crippen molar-refractivity contribution in [3.63, 3.8) is 0 Å². The molecule has 0 bridgehead atoms. The highest BCUT2D eigenvalue weighted by Gasteiger charge is 2.23. The zero-order valence-corrected chi connectivity index (χ0v) is 16.8. The molecule has 0 aliphatic rings. The first kappa shape index (κ1) is 21.4. The molecule has 0 aliphatic carbocycles. The summed E-state index contributed by atoms with van der Waals surface area (Å²) in [4.78, 5) is 14.4. The first-order chi connectivity index (χ1) is 11.8. The van der Waals surface area contributed by atoms with Crippen LogP contribution in [0.4, 0.5) is 11.4 Å². The number of sulfonamides is 1. The number of hydrogen-bond acceptors (Lipinski definition) is 4. The fourth-order valence-electron chi connectivity index (χ4n) is 2.77. The van der Waals surface area contributed by atoms with E-state index in [4.69, 9.17) is 0 Å². The van der Waals surface area contributed by atoms with Crippen molar-refractivity contribution >= 4 is 27.3 Å². The van der Waals surface area contributed by atoms with Crippen LogP contribution in [0.1, 0.15) is 47.5 Å². The van der Waals surface area contributed by atoms with Crippen LogP contribution >= 0.6 is 0 Å². The van der Waals surface area contributed by atoms with Gasteiger partial charge in [-0.25, -0.2) is 8.42 Å². The Kier molecular flexibility index (Phi) is 8.38. The van der Waals surface area contributed by atoms with Crippen molar-refractivity contribution in [3.05, 3.63) is 18.2 Å². The molecule has 1 amide bonds. The van der Waals surface area contributed by atoms with E-state index < -0.39 is 10.0 Å². The molecule has 1 N–H and O–H groups in total. The normalized spacial score (nSPS) is 11.6. The molecule has 25 heavy (non-hydrogen) atoms. The highest BCUT2D eigenvalue weighted by molar-refractivity contribution is 7.89. The summed E-state index contributed by atoms with van der Waals surface area (Å²) in [6.07, 6.45) is 1.15. The van der Waals surface area contributed by atoms with E-state index in [-0.39, 0.29) is 10.8 Å². The molecule has 0 heterocycles. The summed E-state index contributed by atoms with van der Waals surface area (Å²) in [6.45, 7) is 12.0. The van der Waals surface area contributed by atoms with Crippen LogP contribution in [0.25, 0.3) is 0 Å². The van der Waals surface area contributed by atoms with E-state index in [1.165, 1.54) is 4.31 Å². The van der Waals surface area contributed by atoms with Gasteiger partial charge in [0.2, 0.25) is 15.9 Å². The topological polar surface area (TPSA) is 69.7 Å². The lowest BCUT2D eigenvalue weighted by molar-refractivity contribution is -0.116. The lowest BCUT2D eigenvalue weighted by atomic mass is 10.2. The largest absolute Gasteiger partial charge is 0.370 e. The molecule has 7 heteroatoms. The minimum absolute atomic E-state index is 0.103. The summed E-state index contributed by atoms with van der Waals surface area (Å²) in [7, 11) is -3.56. The molecule has 0 fully saturated rings. The van der Waals surface area contributed by atoms with Crippen molar-refractivity contribution in [1.82, 2.24) is 4.31 Å². The second-order valence-electron chi connectivity index (χ2n) is 5.74. The molecule has 0 radical (unpaired) electrons. The van der Waals surface area contributed by atoms with Crippen LogP contribution in [0, 0.1) is 0 Å². The molecule has 6 nitrogen and oxygen atoms in total. The number of nitrogens with zero attached hydrogens (tertiary/aromatic N) is 2. The third-order valence-electron chi connectivity index (χ3n) is 4.17. The summed E-state index contributed by atoms with van der Waals surface area (Å²) in [5.41, 5.74) is 1.39.